The number of hydrogen-bond donors (Lipinski definition) is 1. The monoisotopic (exact) mass is 273 g/mol. The van der Waals surface area contributed by atoms with Gasteiger partial charge in [0.15, 0.2) is 5.78 Å². The van der Waals surface area contributed by atoms with Gasteiger partial charge in [-0.2, -0.15) is 0 Å². The van der Waals surface area contributed by atoms with Crippen LogP contribution in [0.25, 0.3) is 10.1 Å². The fourth-order valence-electron chi connectivity index (χ4n) is 3.05. The molecule has 0 saturated heterocycles. The van der Waals surface area contributed by atoms with Crippen molar-refractivity contribution in [2.24, 2.45) is 11.7 Å². The third kappa shape index (κ3) is 2.45. The zero-order valence-corrected chi connectivity index (χ0v) is 11.8. The fourth-order valence-corrected chi connectivity index (χ4v) is 3.97. The Balaban J connectivity index is 1.96. The van der Waals surface area contributed by atoms with E-state index in [1.54, 1.807) is 11.3 Å². The molecule has 1 heterocycles. The van der Waals surface area contributed by atoms with E-state index in [1.165, 1.54) is 6.42 Å². The van der Waals surface area contributed by atoms with Gasteiger partial charge in [-0.25, -0.2) is 0 Å². The topological polar surface area (TPSA) is 43.1 Å². The summed E-state index contributed by atoms with van der Waals surface area (Å²) in [5.41, 5.74) is 7.09. The van der Waals surface area contributed by atoms with Crippen molar-refractivity contribution in [2.45, 2.75) is 38.1 Å². The van der Waals surface area contributed by atoms with Crippen LogP contribution >= 0.6 is 11.3 Å². The number of carbonyl (C=O) groups excluding carboxylic acids is 1. The lowest BCUT2D eigenvalue weighted by Gasteiger charge is -2.20. The highest BCUT2D eigenvalue weighted by Crippen LogP contribution is 2.30. The first kappa shape index (κ1) is 12.8. The summed E-state index contributed by atoms with van der Waals surface area (Å²) in [7, 11) is 0. The van der Waals surface area contributed by atoms with Gasteiger partial charge in [0, 0.05) is 22.2 Å². The lowest BCUT2D eigenvalue weighted by molar-refractivity contribution is 0.0896. The number of rotatable bonds is 2. The highest BCUT2D eigenvalue weighted by molar-refractivity contribution is 7.17. The lowest BCUT2D eigenvalue weighted by atomic mass is 9.87. The van der Waals surface area contributed by atoms with Crippen molar-refractivity contribution >= 4 is 27.2 Å². The molecule has 1 aliphatic carbocycles. The minimum Gasteiger partial charge on any atom is -0.327 e. The summed E-state index contributed by atoms with van der Waals surface area (Å²) in [6.07, 6.45) is 5.43. The molecule has 0 amide bonds. The quantitative estimate of drug-likeness (QED) is 0.664. The standard InChI is InChI=1S/C16H19NOS/c17-14-8-3-1-2-6-12(14)15(18)13-7-4-5-11-9-10-19-16(11)13/h4-5,7,9-10,12,14H,1-3,6,8,17H2. The van der Waals surface area contributed by atoms with E-state index < -0.39 is 0 Å². The Labute approximate surface area is 117 Å². The number of Topliss-reactive ketones (excluding diaryl/α,β-unsaturated/α-hetero) is 1. The molecular weight excluding hydrogens is 254 g/mol. The maximum atomic E-state index is 12.8. The molecule has 1 aliphatic rings. The van der Waals surface area contributed by atoms with Gasteiger partial charge in [-0.05, 0) is 35.7 Å². The maximum absolute atomic E-state index is 12.8. The van der Waals surface area contributed by atoms with Gasteiger partial charge in [-0.15, -0.1) is 11.3 Å². The Morgan fingerprint density at radius 1 is 1.16 bits per heavy atom. The SMILES string of the molecule is NC1CCCCCC1C(=O)c1cccc2ccsc12. The minimum absolute atomic E-state index is 0.00944. The van der Waals surface area contributed by atoms with Gasteiger partial charge in [0.25, 0.3) is 0 Å². The summed E-state index contributed by atoms with van der Waals surface area (Å²) in [6, 6.07) is 8.10. The highest BCUT2D eigenvalue weighted by Gasteiger charge is 2.28. The molecule has 0 spiro atoms. The number of nitrogens with two attached hydrogens (primary N) is 1. The Hall–Kier alpha value is -1.19. The second-order valence-electron chi connectivity index (χ2n) is 5.42. The number of fused-ring (bicyclic) bond motifs is 1. The first-order valence-corrected chi connectivity index (χ1v) is 7.91. The zero-order valence-electron chi connectivity index (χ0n) is 11.0. The molecule has 0 radical (unpaired) electrons. The second kappa shape index (κ2) is 5.43. The van der Waals surface area contributed by atoms with Crippen LogP contribution in [0.15, 0.2) is 29.6 Å². The van der Waals surface area contributed by atoms with Gasteiger partial charge in [0.1, 0.15) is 0 Å². The van der Waals surface area contributed by atoms with E-state index in [9.17, 15) is 4.79 Å². The first-order chi connectivity index (χ1) is 9.27. The van der Waals surface area contributed by atoms with Crippen molar-refractivity contribution in [3.63, 3.8) is 0 Å². The van der Waals surface area contributed by atoms with E-state index in [4.69, 9.17) is 5.73 Å². The van der Waals surface area contributed by atoms with Gasteiger partial charge in [-0.1, -0.05) is 31.4 Å². The molecule has 2 unspecified atom stereocenters. The summed E-state index contributed by atoms with van der Waals surface area (Å²) in [6.45, 7) is 0. The summed E-state index contributed by atoms with van der Waals surface area (Å²) in [5.74, 6) is 0.262. The molecule has 2 aromatic rings. The second-order valence-corrected chi connectivity index (χ2v) is 6.33. The van der Waals surface area contributed by atoms with Gasteiger partial charge in [0.05, 0.1) is 0 Å². The molecule has 2 N–H and O–H groups in total. The first-order valence-electron chi connectivity index (χ1n) is 7.03. The smallest absolute Gasteiger partial charge is 0.168 e. The molecule has 1 saturated carbocycles. The van der Waals surface area contributed by atoms with Crippen LogP contribution in [-0.2, 0) is 0 Å². The summed E-state index contributed by atoms with van der Waals surface area (Å²) in [4.78, 5) is 12.8. The predicted octanol–water partition coefficient (Wildman–Crippen LogP) is 3.99. The van der Waals surface area contributed by atoms with Crippen LogP contribution in [0, 0.1) is 5.92 Å². The third-order valence-corrected chi connectivity index (χ3v) is 5.11. The van der Waals surface area contributed by atoms with E-state index in [-0.39, 0.29) is 17.7 Å². The lowest BCUT2D eigenvalue weighted by Crippen LogP contribution is -2.34. The van der Waals surface area contributed by atoms with Crippen molar-refractivity contribution in [2.75, 3.05) is 0 Å². The molecule has 3 heteroatoms. The molecule has 3 rings (SSSR count). The maximum Gasteiger partial charge on any atom is 0.168 e. The van der Waals surface area contributed by atoms with Gasteiger partial charge in [0.2, 0.25) is 0 Å². The average Bonchev–Trinajstić information content (AvgIpc) is 2.80. The predicted molar refractivity (Wildman–Crippen MR) is 80.7 cm³/mol. The summed E-state index contributed by atoms with van der Waals surface area (Å²) in [5, 5.41) is 3.21. The fraction of sp³-hybridized carbons (Fsp3) is 0.438. The van der Waals surface area contributed by atoms with Crippen molar-refractivity contribution in [1.29, 1.82) is 0 Å². The Kier molecular flexibility index (Phi) is 3.67. The molecule has 19 heavy (non-hydrogen) atoms. The van der Waals surface area contributed by atoms with Crippen LogP contribution in [0.1, 0.15) is 42.5 Å². The number of thiophene rings is 1. The van der Waals surface area contributed by atoms with Gasteiger partial charge in [-0.3, -0.25) is 4.79 Å². The van der Waals surface area contributed by atoms with Crippen LogP contribution in [0.2, 0.25) is 0 Å². The molecular formula is C16H19NOS. The summed E-state index contributed by atoms with van der Waals surface area (Å²) >= 11 is 1.65. The molecule has 0 aliphatic heterocycles. The van der Waals surface area contributed by atoms with Crippen LogP contribution in [0.5, 0.6) is 0 Å². The van der Waals surface area contributed by atoms with Crippen molar-refractivity contribution in [1.82, 2.24) is 0 Å². The van der Waals surface area contributed by atoms with Crippen molar-refractivity contribution in [3.05, 3.63) is 35.2 Å². The average molecular weight is 273 g/mol. The Bertz CT molecular complexity index is 589. The number of hydrogen-bond acceptors (Lipinski definition) is 3. The highest BCUT2D eigenvalue weighted by atomic mass is 32.1. The van der Waals surface area contributed by atoms with Crippen molar-refractivity contribution in [3.8, 4) is 0 Å². The normalized spacial score (nSPS) is 24.3. The van der Waals surface area contributed by atoms with Gasteiger partial charge < -0.3 is 5.73 Å². The van der Waals surface area contributed by atoms with E-state index in [0.29, 0.717) is 0 Å². The number of benzene rings is 1. The van der Waals surface area contributed by atoms with Crippen LogP contribution in [-0.4, -0.2) is 11.8 Å². The molecule has 100 valence electrons. The molecule has 2 nitrogen and oxygen atoms in total. The van der Waals surface area contributed by atoms with Gasteiger partial charge >= 0.3 is 0 Å². The summed E-state index contributed by atoms with van der Waals surface area (Å²) < 4.78 is 1.11. The van der Waals surface area contributed by atoms with Crippen LogP contribution in [0.4, 0.5) is 0 Å². The van der Waals surface area contributed by atoms with E-state index in [1.807, 2.05) is 12.1 Å². The van der Waals surface area contributed by atoms with Crippen LogP contribution < -0.4 is 5.73 Å². The van der Waals surface area contributed by atoms with E-state index in [2.05, 4.69) is 17.5 Å². The largest absolute Gasteiger partial charge is 0.327 e. The van der Waals surface area contributed by atoms with Crippen LogP contribution in [0.3, 0.4) is 0 Å². The Morgan fingerprint density at radius 2 is 2.00 bits per heavy atom. The molecule has 0 bridgehead atoms. The number of ketones is 1. The van der Waals surface area contributed by atoms with E-state index >= 15 is 0 Å². The van der Waals surface area contributed by atoms with Crippen molar-refractivity contribution < 1.29 is 4.79 Å². The molecule has 1 aromatic heterocycles. The van der Waals surface area contributed by atoms with E-state index in [0.717, 1.165) is 41.3 Å². The number of carbonyl (C=O) groups is 1. The minimum atomic E-state index is 0.00944. The molecule has 2 atom stereocenters. The molecule has 1 fully saturated rings. The Morgan fingerprint density at radius 3 is 2.89 bits per heavy atom. The zero-order chi connectivity index (χ0) is 13.2. The molecule has 1 aromatic carbocycles. The third-order valence-electron chi connectivity index (χ3n) is 4.15.